The Morgan fingerprint density at radius 3 is 2.13 bits per heavy atom. The summed E-state index contributed by atoms with van der Waals surface area (Å²) < 4.78 is 15.5. The van der Waals surface area contributed by atoms with Gasteiger partial charge in [-0.15, -0.1) is 0 Å². The van der Waals surface area contributed by atoms with Crippen molar-refractivity contribution < 1.29 is 24.0 Å². The fraction of sp³-hybridized carbons (Fsp3) is 1.00. The van der Waals surface area contributed by atoms with E-state index in [1.807, 2.05) is 0 Å². The van der Waals surface area contributed by atoms with E-state index in [0.29, 0.717) is 12.8 Å². The SMILES string of the molecule is CC(O)CCC(CBr)(CBr)OP(=O)(O)O. The second-order valence-corrected chi connectivity index (χ2v) is 5.71. The molecule has 0 bridgehead atoms. The smallest absolute Gasteiger partial charge is 0.393 e. The van der Waals surface area contributed by atoms with Gasteiger partial charge in [-0.05, 0) is 19.8 Å². The number of aliphatic hydroxyl groups is 1. The normalized spacial score (nSPS) is 15.3. The molecule has 0 saturated heterocycles. The van der Waals surface area contributed by atoms with Crippen LogP contribution in [-0.2, 0) is 9.09 Å². The molecule has 0 fully saturated rings. The van der Waals surface area contributed by atoms with E-state index in [-0.39, 0.29) is 10.7 Å². The molecule has 0 aliphatic rings. The van der Waals surface area contributed by atoms with Gasteiger partial charge in [-0.1, -0.05) is 31.9 Å². The van der Waals surface area contributed by atoms with Crippen LogP contribution in [0.4, 0.5) is 0 Å². The highest BCUT2D eigenvalue weighted by Gasteiger charge is 2.36. The molecule has 0 aromatic heterocycles. The first kappa shape index (κ1) is 16.0. The molecular formula is C7H15Br2O5P. The summed E-state index contributed by atoms with van der Waals surface area (Å²) in [5.74, 6) is 0. The van der Waals surface area contributed by atoms with Crippen molar-refractivity contribution in [1.29, 1.82) is 0 Å². The van der Waals surface area contributed by atoms with Crippen molar-refractivity contribution in [3.8, 4) is 0 Å². The van der Waals surface area contributed by atoms with Gasteiger partial charge in [0.2, 0.25) is 0 Å². The molecule has 0 aromatic rings. The third-order valence-corrected chi connectivity index (χ3v) is 4.49. The van der Waals surface area contributed by atoms with E-state index in [4.69, 9.17) is 19.4 Å². The van der Waals surface area contributed by atoms with Gasteiger partial charge in [-0.25, -0.2) is 4.57 Å². The molecule has 1 atom stereocenters. The number of halogens is 2. The zero-order valence-electron chi connectivity index (χ0n) is 8.27. The molecule has 0 radical (unpaired) electrons. The average Bonchev–Trinajstić information content (AvgIpc) is 2.10. The number of aliphatic hydroxyl groups excluding tert-OH is 1. The highest BCUT2D eigenvalue weighted by Crippen LogP contribution is 2.44. The first-order valence-electron chi connectivity index (χ1n) is 4.31. The number of rotatable bonds is 7. The van der Waals surface area contributed by atoms with Crippen molar-refractivity contribution in [1.82, 2.24) is 0 Å². The first-order chi connectivity index (χ1) is 6.74. The molecule has 1 unspecified atom stereocenters. The molecule has 0 saturated carbocycles. The third kappa shape index (κ3) is 7.05. The van der Waals surface area contributed by atoms with Crippen molar-refractivity contribution in [2.75, 3.05) is 10.7 Å². The van der Waals surface area contributed by atoms with E-state index >= 15 is 0 Å². The molecule has 0 spiro atoms. The summed E-state index contributed by atoms with van der Waals surface area (Å²) in [4.78, 5) is 17.5. The van der Waals surface area contributed by atoms with E-state index in [9.17, 15) is 4.57 Å². The molecule has 0 amide bonds. The summed E-state index contributed by atoms with van der Waals surface area (Å²) in [6, 6.07) is 0. The monoisotopic (exact) mass is 368 g/mol. The molecule has 0 aliphatic carbocycles. The third-order valence-electron chi connectivity index (χ3n) is 1.82. The summed E-state index contributed by atoms with van der Waals surface area (Å²) in [6.07, 6.45) is 0.242. The van der Waals surface area contributed by atoms with Crippen molar-refractivity contribution in [3.05, 3.63) is 0 Å². The minimum absolute atomic E-state index is 0.281. The van der Waals surface area contributed by atoms with E-state index in [0.717, 1.165) is 0 Å². The van der Waals surface area contributed by atoms with Crippen LogP contribution in [0.1, 0.15) is 19.8 Å². The van der Waals surface area contributed by atoms with Crippen molar-refractivity contribution in [2.45, 2.75) is 31.5 Å². The predicted molar refractivity (Wildman–Crippen MR) is 64.4 cm³/mol. The molecule has 8 heteroatoms. The summed E-state index contributed by atoms with van der Waals surface area (Å²) in [6.45, 7) is 1.62. The summed E-state index contributed by atoms with van der Waals surface area (Å²) in [5.41, 5.74) is -0.990. The van der Waals surface area contributed by atoms with Gasteiger partial charge in [0, 0.05) is 10.7 Å². The zero-order chi connectivity index (χ0) is 12.1. The molecule has 15 heavy (non-hydrogen) atoms. The van der Waals surface area contributed by atoms with Gasteiger partial charge in [0.25, 0.3) is 0 Å². The van der Waals surface area contributed by atoms with E-state index in [2.05, 4.69) is 31.9 Å². The maximum Gasteiger partial charge on any atom is 0.470 e. The average molecular weight is 370 g/mol. The molecule has 0 rings (SSSR count). The maximum absolute atomic E-state index is 10.8. The number of alkyl halides is 2. The Hall–Kier alpha value is 1.03. The van der Waals surface area contributed by atoms with Gasteiger partial charge in [0.1, 0.15) is 0 Å². The second-order valence-electron chi connectivity index (χ2n) is 3.42. The van der Waals surface area contributed by atoms with Crippen molar-refractivity contribution in [3.63, 3.8) is 0 Å². The minimum atomic E-state index is -4.52. The van der Waals surface area contributed by atoms with Crippen LogP contribution in [0.5, 0.6) is 0 Å². The van der Waals surface area contributed by atoms with Crippen LogP contribution in [0.2, 0.25) is 0 Å². The van der Waals surface area contributed by atoms with Crippen LogP contribution < -0.4 is 0 Å². The van der Waals surface area contributed by atoms with Crippen molar-refractivity contribution in [2.24, 2.45) is 0 Å². The highest BCUT2D eigenvalue weighted by molar-refractivity contribution is 9.09. The number of hydrogen-bond acceptors (Lipinski definition) is 3. The lowest BCUT2D eigenvalue weighted by Crippen LogP contribution is -2.36. The van der Waals surface area contributed by atoms with E-state index in [1.54, 1.807) is 6.92 Å². The van der Waals surface area contributed by atoms with Crippen LogP contribution in [0.25, 0.3) is 0 Å². The Bertz CT molecular complexity index is 225. The standard InChI is InChI=1S/C7H15Br2O5P/c1-6(10)2-3-7(4-8,5-9)14-15(11,12)13/h6,10H,2-5H2,1H3,(H2,11,12,13). The second kappa shape index (κ2) is 6.69. The van der Waals surface area contributed by atoms with Gasteiger partial charge in [-0.3, -0.25) is 4.52 Å². The maximum atomic E-state index is 10.8. The van der Waals surface area contributed by atoms with Crippen LogP contribution >= 0.6 is 39.7 Å². The molecule has 0 aliphatic heterocycles. The highest BCUT2D eigenvalue weighted by atomic mass is 79.9. The summed E-state index contributed by atoms with van der Waals surface area (Å²) in [5, 5.41) is 9.69. The van der Waals surface area contributed by atoms with E-state index < -0.39 is 19.5 Å². The van der Waals surface area contributed by atoms with Gasteiger partial charge in [0.15, 0.2) is 0 Å². The summed E-state index contributed by atoms with van der Waals surface area (Å²) >= 11 is 6.31. The molecule has 3 N–H and O–H groups in total. The lowest BCUT2D eigenvalue weighted by molar-refractivity contribution is 0.0525. The largest absolute Gasteiger partial charge is 0.470 e. The minimum Gasteiger partial charge on any atom is -0.393 e. The van der Waals surface area contributed by atoms with Gasteiger partial charge >= 0.3 is 7.82 Å². The fourth-order valence-electron chi connectivity index (χ4n) is 0.988. The Kier molecular flexibility index (Phi) is 7.15. The quantitative estimate of drug-likeness (QED) is 0.470. The Labute approximate surface area is 106 Å². The molecule has 0 heterocycles. The van der Waals surface area contributed by atoms with E-state index in [1.165, 1.54) is 0 Å². The van der Waals surface area contributed by atoms with Crippen LogP contribution in [0.3, 0.4) is 0 Å². The van der Waals surface area contributed by atoms with Crippen LogP contribution in [0.15, 0.2) is 0 Å². The zero-order valence-corrected chi connectivity index (χ0v) is 12.3. The topological polar surface area (TPSA) is 87.0 Å². The Balaban J connectivity index is 4.51. The molecule has 92 valence electrons. The fourth-order valence-corrected chi connectivity index (χ4v) is 3.78. The molecule has 0 aromatic carbocycles. The lowest BCUT2D eigenvalue weighted by Gasteiger charge is -2.30. The van der Waals surface area contributed by atoms with Crippen LogP contribution in [-0.4, -0.2) is 37.3 Å². The number of phosphoric acid groups is 1. The lowest BCUT2D eigenvalue weighted by atomic mass is 10.0. The Morgan fingerprint density at radius 1 is 1.40 bits per heavy atom. The predicted octanol–water partition coefficient (Wildman–Crippen LogP) is 1.79. The molecular weight excluding hydrogens is 355 g/mol. The van der Waals surface area contributed by atoms with Gasteiger partial charge < -0.3 is 14.9 Å². The Morgan fingerprint density at radius 2 is 1.87 bits per heavy atom. The molecule has 5 nitrogen and oxygen atoms in total. The number of phosphoric ester groups is 1. The first-order valence-corrected chi connectivity index (χ1v) is 8.08. The number of hydrogen-bond donors (Lipinski definition) is 3. The summed E-state index contributed by atoms with van der Waals surface area (Å²) in [7, 11) is -4.52. The van der Waals surface area contributed by atoms with Crippen LogP contribution in [0, 0.1) is 0 Å². The van der Waals surface area contributed by atoms with Crippen molar-refractivity contribution >= 4 is 39.7 Å². The van der Waals surface area contributed by atoms with Gasteiger partial charge in [-0.2, -0.15) is 0 Å². The van der Waals surface area contributed by atoms with Gasteiger partial charge in [0.05, 0.1) is 11.7 Å².